The van der Waals surface area contributed by atoms with Crippen LogP contribution in [0, 0.1) is 5.92 Å². The second-order valence-electron chi connectivity index (χ2n) is 11.1. The minimum atomic E-state index is -5.20. The maximum absolute atomic E-state index is 13.8. The number of nitrogens with one attached hydrogen (secondary N) is 1. The third-order valence-electron chi connectivity index (χ3n) is 7.81. The van der Waals surface area contributed by atoms with E-state index in [1.807, 2.05) is 0 Å². The van der Waals surface area contributed by atoms with Gasteiger partial charge in [0.1, 0.15) is 5.75 Å². The molecular weight excluding hydrogens is 674 g/mol. The lowest BCUT2D eigenvalue weighted by molar-refractivity contribution is -0.189. The molecule has 0 spiro atoms. The van der Waals surface area contributed by atoms with Crippen molar-refractivity contribution in [3.8, 4) is 33.8 Å². The van der Waals surface area contributed by atoms with E-state index in [2.05, 4.69) is 30.3 Å². The van der Waals surface area contributed by atoms with Crippen LogP contribution in [0.3, 0.4) is 0 Å². The van der Waals surface area contributed by atoms with E-state index in [9.17, 15) is 27.6 Å². The van der Waals surface area contributed by atoms with Gasteiger partial charge in [0.15, 0.2) is 5.15 Å². The molecule has 1 aliphatic heterocycles. The number of anilines is 1. The summed E-state index contributed by atoms with van der Waals surface area (Å²) >= 11 is 12.3. The standard InChI is InChI=1S/C32H24Cl2F3N7O4/c1-17-3-2-4-27(43-16-39-23(14-29(43)45)22-12-19(33)5-8-26(22)44-15-28(34)41-42-44)25-11-18(9-10-38-25)21-7-6-20(13-24(21)40-30(17)46)48-31(47)32(35,36)37/h5-17,27H,2-4H2,1H3,(H,40,46)/t17-,27+/m1/s1. The molecule has 11 nitrogen and oxygen atoms in total. The summed E-state index contributed by atoms with van der Waals surface area (Å²) in [6, 6.07) is 13.0. The fourth-order valence-electron chi connectivity index (χ4n) is 5.40. The van der Waals surface area contributed by atoms with Gasteiger partial charge in [0.05, 0.1) is 41.3 Å². The topological polar surface area (TPSA) is 134 Å². The first-order valence-corrected chi connectivity index (χ1v) is 15.3. The monoisotopic (exact) mass is 697 g/mol. The minimum absolute atomic E-state index is 0.141. The molecule has 1 N–H and O–H groups in total. The number of benzene rings is 2. The largest absolute Gasteiger partial charge is 0.491 e. The Kier molecular flexibility index (Phi) is 9.03. The average Bonchev–Trinajstić information content (AvgIpc) is 3.48. The Bertz CT molecular complexity index is 2100. The Morgan fingerprint density at radius 3 is 2.54 bits per heavy atom. The van der Waals surface area contributed by atoms with E-state index in [0.717, 1.165) is 6.07 Å². The Morgan fingerprint density at radius 1 is 1.00 bits per heavy atom. The summed E-state index contributed by atoms with van der Waals surface area (Å²) in [5, 5.41) is 11.2. The van der Waals surface area contributed by atoms with Gasteiger partial charge in [-0.2, -0.15) is 13.2 Å². The predicted molar refractivity (Wildman–Crippen MR) is 170 cm³/mol. The van der Waals surface area contributed by atoms with Crippen LogP contribution in [0.1, 0.15) is 37.9 Å². The number of fused-ring (bicyclic) bond motifs is 4. The number of amides is 1. The smallest absolute Gasteiger partial charge is 0.420 e. The van der Waals surface area contributed by atoms with E-state index < -0.39 is 29.9 Å². The van der Waals surface area contributed by atoms with E-state index in [4.69, 9.17) is 23.2 Å². The number of nitrogens with zero attached hydrogens (tertiary/aromatic N) is 6. The number of pyridine rings is 1. The molecule has 16 heteroatoms. The maximum Gasteiger partial charge on any atom is 0.491 e. The number of halogens is 5. The number of carbonyl (C=O) groups excluding carboxylic acids is 2. The molecule has 5 aromatic rings. The molecular formula is C32H24Cl2F3N7O4. The van der Waals surface area contributed by atoms with Crippen molar-refractivity contribution in [2.24, 2.45) is 5.92 Å². The zero-order chi connectivity index (χ0) is 34.2. The summed E-state index contributed by atoms with van der Waals surface area (Å²) in [6.07, 6.45) is 0.641. The summed E-state index contributed by atoms with van der Waals surface area (Å²) in [5.41, 5.74) is 2.66. The normalized spacial score (nSPS) is 16.7. The van der Waals surface area contributed by atoms with Gasteiger partial charge in [-0.25, -0.2) is 14.5 Å². The number of carbonyl (C=O) groups is 2. The number of esters is 1. The molecule has 0 aliphatic carbocycles. The number of alkyl halides is 3. The van der Waals surface area contributed by atoms with Crippen molar-refractivity contribution in [1.29, 1.82) is 0 Å². The average molecular weight is 698 g/mol. The quantitative estimate of drug-likeness (QED) is 0.163. The molecule has 1 amide bonds. The van der Waals surface area contributed by atoms with Crippen molar-refractivity contribution in [3.63, 3.8) is 0 Å². The zero-order valence-corrected chi connectivity index (χ0v) is 26.4. The number of hydrogen-bond acceptors (Lipinski definition) is 8. The van der Waals surface area contributed by atoms with E-state index in [0.29, 0.717) is 58.1 Å². The van der Waals surface area contributed by atoms with E-state index in [1.54, 1.807) is 37.3 Å². The van der Waals surface area contributed by atoms with E-state index in [1.165, 1.54) is 46.2 Å². The first-order chi connectivity index (χ1) is 22.9. The first kappa shape index (κ1) is 32.8. The molecule has 0 saturated carbocycles. The maximum atomic E-state index is 13.8. The SMILES string of the molecule is C[C@@H]1CCC[C@H](n2cnc(-c3cc(Cl)ccc3-n3cc(Cl)nn3)cc2=O)c2cc(ccn2)-c2ccc(OC(=O)C(F)(F)F)cc2NC1=O. The summed E-state index contributed by atoms with van der Waals surface area (Å²) in [4.78, 5) is 47.5. The van der Waals surface area contributed by atoms with Gasteiger partial charge in [0.25, 0.3) is 5.56 Å². The molecule has 2 aromatic carbocycles. The minimum Gasteiger partial charge on any atom is -0.420 e. The third kappa shape index (κ3) is 6.94. The van der Waals surface area contributed by atoms with Crippen molar-refractivity contribution in [3.05, 3.63) is 99.5 Å². The zero-order valence-electron chi connectivity index (χ0n) is 24.9. The highest BCUT2D eigenvalue weighted by Gasteiger charge is 2.41. The van der Waals surface area contributed by atoms with Gasteiger partial charge in [-0.05, 0) is 60.9 Å². The third-order valence-corrected chi connectivity index (χ3v) is 8.21. The summed E-state index contributed by atoms with van der Waals surface area (Å²) < 4.78 is 46.0. The van der Waals surface area contributed by atoms with Gasteiger partial charge in [0.2, 0.25) is 5.91 Å². The molecule has 2 bridgehead atoms. The van der Waals surface area contributed by atoms with Gasteiger partial charge in [-0.3, -0.25) is 19.1 Å². The molecule has 48 heavy (non-hydrogen) atoms. The second-order valence-corrected chi connectivity index (χ2v) is 11.9. The van der Waals surface area contributed by atoms with Crippen molar-refractivity contribution in [2.45, 2.75) is 38.4 Å². The summed E-state index contributed by atoms with van der Waals surface area (Å²) in [5.74, 6) is -3.66. The number of aromatic nitrogens is 6. The Morgan fingerprint density at radius 2 is 1.81 bits per heavy atom. The molecule has 0 unspecified atom stereocenters. The number of ether oxygens (including phenoxy) is 1. The van der Waals surface area contributed by atoms with Crippen LogP contribution < -0.4 is 15.6 Å². The van der Waals surface area contributed by atoms with Crippen LogP contribution in [0.25, 0.3) is 28.1 Å². The molecule has 2 atom stereocenters. The van der Waals surface area contributed by atoms with Crippen LogP contribution in [0.15, 0.2) is 78.1 Å². The molecule has 0 radical (unpaired) electrons. The van der Waals surface area contributed by atoms with Gasteiger partial charge in [-0.1, -0.05) is 41.8 Å². The molecule has 246 valence electrons. The van der Waals surface area contributed by atoms with Crippen LogP contribution >= 0.6 is 23.2 Å². The van der Waals surface area contributed by atoms with Crippen LogP contribution in [-0.2, 0) is 9.59 Å². The van der Waals surface area contributed by atoms with Crippen LogP contribution in [-0.4, -0.2) is 47.6 Å². The van der Waals surface area contributed by atoms with Gasteiger partial charge in [0, 0.05) is 40.4 Å². The molecule has 6 rings (SSSR count). The highest BCUT2D eigenvalue weighted by atomic mass is 35.5. The van der Waals surface area contributed by atoms with Gasteiger partial charge >= 0.3 is 12.1 Å². The second kappa shape index (κ2) is 13.2. The van der Waals surface area contributed by atoms with Crippen LogP contribution in [0.5, 0.6) is 5.75 Å². The van der Waals surface area contributed by atoms with Crippen LogP contribution in [0.4, 0.5) is 18.9 Å². The first-order valence-electron chi connectivity index (χ1n) is 14.5. The van der Waals surface area contributed by atoms with Crippen LogP contribution in [0.2, 0.25) is 10.2 Å². The summed E-state index contributed by atoms with van der Waals surface area (Å²) in [6.45, 7) is 1.72. The lowest BCUT2D eigenvalue weighted by Gasteiger charge is -2.23. The lowest BCUT2D eigenvalue weighted by Crippen LogP contribution is -2.28. The fraction of sp³-hybridized carbons (Fsp3) is 0.219. The molecule has 0 saturated heterocycles. The Labute approximate surface area is 280 Å². The van der Waals surface area contributed by atoms with Crippen molar-refractivity contribution >= 4 is 40.8 Å². The van der Waals surface area contributed by atoms with Crippen molar-refractivity contribution in [2.75, 3.05) is 5.32 Å². The van der Waals surface area contributed by atoms with E-state index >= 15 is 0 Å². The molecule has 1 aliphatic rings. The van der Waals surface area contributed by atoms with Gasteiger partial charge in [-0.15, -0.1) is 5.10 Å². The number of hydrogen-bond donors (Lipinski definition) is 1. The Balaban J connectivity index is 1.40. The van der Waals surface area contributed by atoms with E-state index in [-0.39, 0.29) is 22.3 Å². The molecule has 0 fully saturated rings. The molecule has 4 heterocycles. The highest BCUT2D eigenvalue weighted by molar-refractivity contribution is 6.31. The predicted octanol–water partition coefficient (Wildman–Crippen LogP) is 6.68. The summed E-state index contributed by atoms with van der Waals surface area (Å²) in [7, 11) is 0. The highest BCUT2D eigenvalue weighted by Crippen LogP contribution is 2.36. The fourth-order valence-corrected chi connectivity index (χ4v) is 5.70. The number of rotatable bonds is 4. The molecule has 3 aromatic heterocycles. The van der Waals surface area contributed by atoms with Crippen molar-refractivity contribution < 1.29 is 27.5 Å². The lowest BCUT2D eigenvalue weighted by atomic mass is 9.95. The van der Waals surface area contributed by atoms with Crippen molar-refractivity contribution in [1.82, 2.24) is 29.5 Å². The van der Waals surface area contributed by atoms with Gasteiger partial charge < -0.3 is 10.1 Å². The Hall–Kier alpha value is -5.08.